The molecule has 0 atom stereocenters. The Hall–Kier alpha value is -2.27. The van der Waals surface area contributed by atoms with E-state index in [1.807, 2.05) is 17.0 Å². The van der Waals surface area contributed by atoms with Crippen LogP contribution in [0.2, 0.25) is 0 Å². The molecule has 1 aromatic heterocycles. The van der Waals surface area contributed by atoms with Gasteiger partial charge in [-0.3, -0.25) is 9.69 Å². The number of hydrogen-bond acceptors (Lipinski definition) is 3. The van der Waals surface area contributed by atoms with E-state index in [-0.39, 0.29) is 5.91 Å². The van der Waals surface area contributed by atoms with Crippen molar-refractivity contribution in [2.45, 2.75) is 52.1 Å². The van der Waals surface area contributed by atoms with Gasteiger partial charge in [-0.05, 0) is 68.0 Å². The summed E-state index contributed by atoms with van der Waals surface area (Å²) in [5, 5.41) is 0. The lowest BCUT2D eigenvalue weighted by atomic mass is 9.89. The number of likely N-dealkylation sites (tertiary alicyclic amines) is 1. The molecule has 1 aromatic carbocycles. The molecule has 0 aliphatic carbocycles. The molecule has 0 N–H and O–H groups in total. The van der Waals surface area contributed by atoms with Gasteiger partial charge in [0.2, 0.25) is 0 Å². The van der Waals surface area contributed by atoms with Gasteiger partial charge in [-0.1, -0.05) is 32.0 Å². The number of rotatable bonds is 7. The fraction of sp³-hybridized carbons (Fsp3) is 0.560. The third-order valence-electron chi connectivity index (χ3n) is 6.70. The first-order valence-electron chi connectivity index (χ1n) is 11.4. The quantitative estimate of drug-likeness (QED) is 0.681. The minimum Gasteiger partial charge on any atom is -0.496 e. The monoisotopic (exact) mass is 409 g/mol. The van der Waals surface area contributed by atoms with Crippen LogP contribution < -0.4 is 4.74 Å². The minimum absolute atomic E-state index is 0.197. The molecule has 0 spiro atoms. The lowest BCUT2D eigenvalue weighted by molar-refractivity contribution is 0.0693. The molecule has 2 aliphatic heterocycles. The summed E-state index contributed by atoms with van der Waals surface area (Å²) < 4.78 is 7.82. The van der Waals surface area contributed by atoms with Crippen molar-refractivity contribution in [2.24, 2.45) is 5.92 Å². The molecule has 2 aromatic rings. The van der Waals surface area contributed by atoms with Crippen molar-refractivity contribution in [2.75, 3.05) is 33.3 Å². The predicted molar refractivity (Wildman–Crippen MR) is 120 cm³/mol. The number of carbonyl (C=O) groups is 1. The molecule has 162 valence electrons. The van der Waals surface area contributed by atoms with E-state index >= 15 is 0 Å². The molecule has 1 saturated heterocycles. The second-order valence-corrected chi connectivity index (χ2v) is 9.13. The van der Waals surface area contributed by atoms with E-state index in [0.29, 0.717) is 11.8 Å². The van der Waals surface area contributed by atoms with E-state index < -0.39 is 0 Å². The Bertz CT molecular complexity index is 865. The van der Waals surface area contributed by atoms with Gasteiger partial charge >= 0.3 is 0 Å². The Kier molecular flexibility index (Phi) is 6.47. The van der Waals surface area contributed by atoms with Crippen LogP contribution >= 0.6 is 0 Å². The number of nitrogens with zero attached hydrogens (tertiary/aromatic N) is 3. The summed E-state index contributed by atoms with van der Waals surface area (Å²) in [6.45, 7) is 10.1. The van der Waals surface area contributed by atoms with E-state index in [2.05, 4.69) is 47.6 Å². The smallest absolute Gasteiger partial charge is 0.270 e. The maximum Gasteiger partial charge on any atom is 0.270 e. The second kappa shape index (κ2) is 9.25. The van der Waals surface area contributed by atoms with Crippen LogP contribution in [0.1, 0.15) is 60.8 Å². The van der Waals surface area contributed by atoms with Gasteiger partial charge in [0.1, 0.15) is 11.4 Å². The highest BCUT2D eigenvalue weighted by Crippen LogP contribution is 2.34. The largest absolute Gasteiger partial charge is 0.496 e. The Labute approximate surface area is 180 Å². The molecule has 1 fully saturated rings. The topological polar surface area (TPSA) is 37.7 Å². The number of benzene rings is 1. The fourth-order valence-corrected chi connectivity index (χ4v) is 4.85. The van der Waals surface area contributed by atoms with Gasteiger partial charge in [0.15, 0.2) is 0 Å². The van der Waals surface area contributed by atoms with Crippen molar-refractivity contribution in [3.8, 4) is 5.75 Å². The van der Waals surface area contributed by atoms with Crippen molar-refractivity contribution in [3.63, 3.8) is 0 Å². The summed E-state index contributed by atoms with van der Waals surface area (Å²) in [5.41, 5.74) is 3.48. The Morgan fingerprint density at radius 1 is 1.03 bits per heavy atom. The van der Waals surface area contributed by atoms with Crippen LogP contribution in [0.15, 0.2) is 36.4 Å². The summed E-state index contributed by atoms with van der Waals surface area (Å²) in [7, 11) is 1.76. The molecule has 0 bridgehead atoms. The van der Waals surface area contributed by atoms with Crippen LogP contribution in [0.25, 0.3) is 0 Å². The van der Waals surface area contributed by atoms with Gasteiger partial charge in [-0.25, -0.2) is 0 Å². The number of fused-ring (bicyclic) bond motifs is 1. The maximum atomic E-state index is 12.9. The fourth-order valence-electron chi connectivity index (χ4n) is 4.85. The number of methoxy groups -OCH3 is 1. The van der Waals surface area contributed by atoms with Crippen LogP contribution in [-0.4, -0.2) is 53.6 Å². The van der Waals surface area contributed by atoms with Gasteiger partial charge in [0, 0.05) is 31.9 Å². The van der Waals surface area contributed by atoms with Gasteiger partial charge < -0.3 is 14.2 Å². The van der Waals surface area contributed by atoms with Crippen LogP contribution in [0.5, 0.6) is 5.75 Å². The van der Waals surface area contributed by atoms with Gasteiger partial charge in [0.05, 0.1) is 7.11 Å². The lowest BCUT2D eigenvalue weighted by Crippen LogP contribution is -2.41. The molecular weight excluding hydrogens is 374 g/mol. The van der Waals surface area contributed by atoms with Crippen molar-refractivity contribution >= 4 is 5.91 Å². The number of carbonyl (C=O) groups excluding carboxylic acids is 1. The minimum atomic E-state index is 0.197. The number of hydrogen-bond donors (Lipinski definition) is 0. The first-order chi connectivity index (χ1) is 14.6. The average Bonchev–Trinajstić information content (AvgIpc) is 3.17. The van der Waals surface area contributed by atoms with E-state index in [1.165, 1.54) is 11.3 Å². The molecule has 5 nitrogen and oxygen atoms in total. The number of amides is 1. The van der Waals surface area contributed by atoms with Crippen LogP contribution in [0.3, 0.4) is 0 Å². The molecule has 0 radical (unpaired) electrons. The van der Waals surface area contributed by atoms with Crippen LogP contribution in [0, 0.1) is 5.92 Å². The summed E-state index contributed by atoms with van der Waals surface area (Å²) in [4.78, 5) is 17.4. The molecule has 1 amide bonds. The predicted octanol–water partition coefficient (Wildman–Crippen LogP) is 4.38. The highest BCUT2D eigenvalue weighted by Gasteiger charge is 2.28. The first kappa shape index (κ1) is 21.0. The van der Waals surface area contributed by atoms with Crippen LogP contribution in [-0.2, 0) is 13.1 Å². The third kappa shape index (κ3) is 4.41. The van der Waals surface area contributed by atoms with E-state index in [9.17, 15) is 4.79 Å². The van der Waals surface area contributed by atoms with E-state index in [4.69, 9.17) is 4.74 Å². The number of para-hydroxylation sites is 1. The van der Waals surface area contributed by atoms with Crippen molar-refractivity contribution in [1.82, 2.24) is 14.4 Å². The number of piperidine rings is 1. The van der Waals surface area contributed by atoms with Crippen LogP contribution in [0.4, 0.5) is 0 Å². The molecule has 0 saturated carbocycles. The highest BCUT2D eigenvalue weighted by atomic mass is 16.5. The normalized spacial score (nSPS) is 18.1. The van der Waals surface area contributed by atoms with E-state index in [1.54, 1.807) is 7.11 Å². The van der Waals surface area contributed by atoms with Crippen molar-refractivity contribution in [3.05, 3.63) is 53.3 Å². The zero-order chi connectivity index (χ0) is 21.1. The highest BCUT2D eigenvalue weighted by molar-refractivity contribution is 5.93. The first-order valence-corrected chi connectivity index (χ1v) is 11.4. The standard InChI is InChI=1S/C25H35N3O2/c1-19(2)10-15-27-16-17-28-21(8-9-23(28)25(27)29)18-26-13-11-20(12-14-26)22-6-4-5-7-24(22)30-3/h4-9,19-20H,10-18H2,1-3H3. The number of aromatic nitrogens is 1. The Morgan fingerprint density at radius 2 is 1.80 bits per heavy atom. The maximum absolute atomic E-state index is 12.9. The van der Waals surface area contributed by atoms with Crippen molar-refractivity contribution < 1.29 is 9.53 Å². The second-order valence-electron chi connectivity index (χ2n) is 9.13. The van der Waals surface area contributed by atoms with Gasteiger partial charge in [-0.2, -0.15) is 0 Å². The summed E-state index contributed by atoms with van der Waals surface area (Å²) >= 11 is 0. The molecule has 3 heterocycles. The lowest BCUT2D eigenvalue weighted by Gasteiger charge is -2.34. The summed E-state index contributed by atoms with van der Waals surface area (Å²) in [5.74, 6) is 2.40. The van der Waals surface area contributed by atoms with Crippen molar-refractivity contribution in [1.29, 1.82) is 0 Å². The summed E-state index contributed by atoms with van der Waals surface area (Å²) in [6.07, 6.45) is 3.37. The van der Waals surface area contributed by atoms with Gasteiger partial charge in [0.25, 0.3) is 5.91 Å². The zero-order valence-electron chi connectivity index (χ0n) is 18.6. The SMILES string of the molecule is COc1ccccc1C1CCN(Cc2ccc3n2CCN(CCC(C)C)C3=O)CC1. The van der Waals surface area contributed by atoms with Gasteiger partial charge in [-0.15, -0.1) is 0 Å². The molecular formula is C25H35N3O2. The number of ether oxygens (including phenoxy) is 1. The summed E-state index contributed by atoms with van der Waals surface area (Å²) in [6, 6.07) is 12.6. The molecule has 2 aliphatic rings. The molecule has 30 heavy (non-hydrogen) atoms. The Morgan fingerprint density at radius 3 is 2.53 bits per heavy atom. The zero-order valence-corrected chi connectivity index (χ0v) is 18.6. The third-order valence-corrected chi connectivity index (χ3v) is 6.70. The van der Waals surface area contributed by atoms with E-state index in [0.717, 1.165) is 70.0 Å². The molecule has 5 heteroatoms. The average molecular weight is 410 g/mol. The molecule has 0 unspecified atom stereocenters. The Balaban J connectivity index is 1.36. The molecule has 4 rings (SSSR count).